The molecule has 0 fully saturated rings. The predicted octanol–water partition coefficient (Wildman–Crippen LogP) is 3.36. The number of methoxy groups -OCH3 is 1. The molecule has 110 valence electrons. The van der Waals surface area contributed by atoms with Crippen molar-refractivity contribution in [2.45, 2.75) is 13.2 Å². The second-order valence-electron chi connectivity index (χ2n) is 4.39. The summed E-state index contributed by atoms with van der Waals surface area (Å²) in [6.07, 6.45) is 3.12. The Morgan fingerprint density at radius 2 is 2.05 bits per heavy atom. The summed E-state index contributed by atoms with van der Waals surface area (Å²) < 4.78 is 11.3. The molecule has 0 saturated heterocycles. The molecule has 1 aromatic carbocycles. The Balaban J connectivity index is 1.90. The standard InChI is InChI=1S/C16H16INO3/c1-20-11-13-5-3-2-4-12(13)10-18-16(19)9-7-14-6-8-15(17)21-14/h2-9H,10-11H2,1H3,(H,18,19)/b9-7+. The predicted molar refractivity (Wildman–Crippen MR) is 89.5 cm³/mol. The molecule has 0 aliphatic heterocycles. The molecule has 1 aromatic heterocycles. The molecule has 1 heterocycles. The normalized spacial score (nSPS) is 11.0. The van der Waals surface area contributed by atoms with Gasteiger partial charge in [0.2, 0.25) is 5.91 Å². The van der Waals surface area contributed by atoms with Crippen LogP contribution >= 0.6 is 22.6 Å². The maximum atomic E-state index is 11.8. The summed E-state index contributed by atoms with van der Waals surface area (Å²) in [5.74, 6) is 0.503. The molecule has 4 nitrogen and oxygen atoms in total. The molecule has 0 aliphatic carbocycles. The van der Waals surface area contributed by atoms with Crippen LogP contribution in [0.4, 0.5) is 0 Å². The van der Waals surface area contributed by atoms with Crippen LogP contribution in [-0.4, -0.2) is 13.0 Å². The smallest absolute Gasteiger partial charge is 0.244 e. The van der Waals surface area contributed by atoms with Gasteiger partial charge in [-0.2, -0.15) is 0 Å². The average Bonchev–Trinajstić information content (AvgIpc) is 2.90. The molecule has 0 aliphatic rings. The number of hydrogen-bond acceptors (Lipinski definition) is 3. The first-order valence-electron chi connectivity index (χ1n) is 6.46. The van der Waals surface area contributed by atoms with Crippen molar-refractivity contribution >= 4 is 34.6 Å². The molecule has 0 saturated carbocycles. The van der Waals surface area contributed by atoms with Gasteiger partial charge >= 0.3 is 0 Å². The van der Waals surface area contributed by atoms with Gasteiger partial charge in [-0.25, -0.2) is 0 Å². The summed E-state index contributed by atoms with van der Waals surface area (Å²) in [4.78, 5) is 11.8. The maximum Gasteiger partial charge on any atom is 0.244 e. The van der Waals surface area contributed by atoms with Crippen LogP contribution in [-0.2, 0) is 22.7 Å². The van der Waals surface area contributed by atoms with Crippen LogP contribution in [0.2, 0.25) is 0 Å². The Morgan fingerprint density at radius 3 is 2.71 bits per heavy atom. The molecule has 0 unspecified atom stereocenters. The fourth-order valence-electron chi connectivity index (χ4n) is 1.84. The molecule has 0 radical (unpaired) electrons. The zero-order chi connectivity index (χ0) is 15.1. The molecule has 21 heavy (non-hydrogen) atoms. The highest BCUT2D eigenvalue weighted by Crippen LogP contribution is 2.12. The minimum absolute atomic E-state index is 0.159. The Hall–Kier alpha value is -1.60. The summed E-state index contributed by atoms with van der Waals surface area (Å²) >= 11 is 2.08. The van der Waals surface area contributed by atoms with E-state index in [1.807, 2.05) is 36.4 Å². The van der Waals surface area contributed by atoms with Crippen LogP contribution in [0, 0.1) is 3.77 Å². The van der Waals surface area contributed by atoms with Crippen molar-refractivity contribution in [1.29, 1.82) is 0 Å². The highest BCUT2D eigenvalue weighted by Gasteiger charge is 2.03. The summed E-state index contributed by atoms with van der Waals surface area (Å²) in [7, 11) is 1.66. The van der Waals surface area contributed by atoms with Crippen molar-refractivity contribution in [3.8, 4) is 0 Å². The SMILES string of the molecule is COCc1ccccc1CNC(=O)/C=C/c1ccc(I)o1. The number of amides is 1. The number of carbonyl (C=O) groups excluding carboxylic acids is 1. The minimum Gasteiger partial charge on any atom is -0.451 e. The lowest BCUT2D eigenvalue weighted by Gasteiger charge is -2.08. The van der Waals surface area contributed by atoms with Gasteiger partial charge in [0.1, 0.15) is 5.76 Å². The first kappa shape index (κ1) is 15.8. The average molecular weight is 397 g/mol. The van der Waals surface area contributed by atoms with Gasteiger partial charge in [0.25, 0.3) is 0 Å². The number of carbonyl (C=O) groups is 1. The van der Waals surface area contributed by atoms with Crippen molar-refractivity contribution in [2.75, 3.05) is 7.11 Å². The van der Waals surface area contributed by atoms with E-state index in [1.54, 1.807) is 13.2 Å². The van der Waals surface area contributed by atoms with Gasteiger partial charge < -0.3 is 14.5 Å². The van der Waals surface area contributed by atoms with Crippen molar-refractivity contribution in [3.05, 3.63) is 63.1 Å². The second-order valence-corrected chi connectivity index (χ2v) is 5.46. The molecular weight excluding hydrogens is 381 g/mol. The van der Waals surface area contributed by atoms with Crippen LogP contribution < -0.4 is 5.32 Å². The summed E-state index contributed by atoms with van der Waals surface area (Å²) in [5.41, 5.74) is 2.12. The van der Waals surface area contributed by atoms with Gasteiger partial charge in [0.15, 0.2) is 3.77 Å². The minimum atomic E-state index is -0.159. The van der Waals surface area contributed by atoms with Gasteiger partial charge in [0, 0.05) is 19.7 Å². The lowest BCUT2D eigenvalue weighted by atomic mass is 10.1. The third-order valence-electron chi connectivity index (χ3n) is 2.86. The monoisotopic (exact) mass is 397 g/mol. The first-order valence-corrected chi connectivity index (χ1v) is 7.54. The Bertz CT molecular complexity index is 634. The van der Waals surface area contributed by atoms with Crippen LogP contribution in [0.1, 0.15) is 16.9 Å². The highest BCUT2D eigenvalue weighted by molar-refractivity contribution is 14.1. The third-order valence-corrected chi connectivity index (χ3v) is 3.44. The van der Waals surface area contributed by atoms with E-state index >= 15 is 0 Å². The van der Waals surface area contributed by atoms with E-state index in [4.69, 9.17) is 9.15 Å². The lowest BCUT2D eigenvalue weighted by Crippen LogP contribution is -2.21. The summed E-state index contributed by atoms with van der Waals surface area (Å²) in [5, 5.41) is 2.85. The highest BCUT2D eigenvalue weighted by atomic mass is 127. The number of rotatable bonds is 6. The first-order chi connectivity index (χ1) is 10.2. The van der Waals surface area contributed by atoms with Crippen LogP contribution in [0.5, 0.6) is 0 Å². The topological polar surface area (TPSA) is 51.5 Å². The van der Waals surface area contributed by atoms with Crippen LogP contribution in [0.3, 0.4) is 0 Å². The van der Waals surface area contributed by atoms with E-state index in [2.05, 4.69) is 27.9 Å². The van der Waals surface area contributed by atoms with Crippen molar-refractivity contribution in [1.82, 2.24) is 5.32 Å². The number of ether oxygens (including phenoxy) is 1. The van der Waals surface area contributed by atoms with Gasteiger partial charge in [-0.3, -0.25) is 4.79 Å². The van der Waals surface area contributed by atoms with Crippen molar-refractivity contribution in [2.24, 2.45) is 0 Å². The zero-order valence-corrected chi connectivity index (χ0v) is 13.8. The van der Waals surface area contributed by atoms with E-state index in [0.717, 1.165) is 14.9 Å². The molecule has 1 N–H and O–H groups in total. The van der Waals surface area contributed by atoms with E-state index < -0.39 is 0 Å². The van der Waals surface area contributed by atoms with E-state index in [9.17, 15) is 4.79 Å². The lowest BCUT2D eigenvalue weighted by molar-refractivity contribution is -0.116. The van der Waals surface area contributed by atoms with Crippen molar-refractivity contribution in [3.63, 3.8) is 0 Å². The van der Waals surface area contributed by atoms with E-state index in [-0.39, 0.29) is 5.91 Å². The summed E-state index contributed by atoms with van der Waals surface area (Å²) in [6.45, 7) is 1.01. The molecule has 0 spiro atoms. The van der Waals surface area contributed by atoms with E-state index in [1.165, 1.54) is 6.08 Å². The largest absolute Gasteiger partial charge is 0.451 e. The number of hydrogen-bond donors (Lipinski definition) is 1. The van der Waals surface area contributed by atoms with Crippen molar-refractivity contribution < 1.29 is 13.9 Å². The molecule has 1 amide bonds. The molecule has 5 heteroatoms. The summed E-state index contributed by atoms with van der Waals surface area (Å²) in [6, 6.07) is 11.5. The molecule has 2 aromatic rings. The molecule has 2 rings (SSSR count). The van der Waals surface area contributed by atoms with Gasteiger partial charge in [-0.15, -0.1) is 0 Å². The van der Waals surface area contributed by atoms with Crippen LogP contribution in [0.25, 0.3) is 6.08 Å². The molecule has 0 bridgehead atoms. The van der Waals surface area contributed by atoms with Gasteiger partial charge in [-0.05, 0) is 51.9 Å². The van der Waals surface area contributed by atoms with Gasteiger partial charge in [-0.1, -0.05) is 24.3 Å². The second kappa shape index (κ2) is 7.99. The van der Waals surface area contributed by atoms with Crippen LogP contribution in [0.15, 0.2) is 46.9 Å². The number of halogens is 1. The third kappa shape index (κ3) is 5.02. The van der Waals surface area contributed by atoms with E-state index in [0.29, 0.717) is 18.9 Å². The fourth-order valence-corrected chi connectivity index (χ4v) is 2.28. The van der Waals surface area contributed by atoms with Gasteiger partial charge in [0.05, 0.1) is 6.61 Å². The molecule has 0 atom stereocenters. The number of furan rings is 1. The number of nitrogens with one attached hydrogen (secondary N) is 1. The Kier molecular flexibility index (Phi) is 6.01. The Labute approximate surface area is 137 Å². The zero-order valence-electron chi connectivity index (χ0n) is 11.6. The quantitative estimate of drug-likeness (QED) is 0.601. The molecular formula is C16H16INO3. The fraction of sp³-hybridized carbons (Fsp3) is 0.188. The Morgan fingerprint density at radius 1 is 1.29 bits per heavy atom. The maximum absolute atomic E-state index is 11.8. The number of benzene rings is 1.